The monoisotopic (exact) mass is 371 g/mol. The summed E-state index contributed by atoms with van der Waals surface area (Å²) in [5.41, 5.74) is 0.643. The Morgan fingerprint density at radius 2 is 2.00 bits per heavy atom. The number of anilines is 1. The van der Waals surface area contributed by atoms with Crippen molar-refractivity contribution in [2.75, 3.05) is 38.1 Å². The van der Waals surface area contributed by atoms with E-state index in [1.54, 1.807) is 6.07 Å². The van der Waals surface area contributed by atoms with E-state index in [0.29, 0.717) is 43.6 Å². The van der Waals surface area contributed by atoms with Crippen LogP contribution in [0.1, 0.15) is 12.8 Å². The van der Waals surface area contributed by atoms with E-state index in [2.05, 4.69) is 5.32 Å². The molecule has 130 valence electrons. The second kappa shape index (κ2) is 7.63. The van der Waals surface area contributed by atoms with Crippen LogP contribution in [0.15, 0.2) is 18.2 Å². The summed E-state index contributed by atoms with van der Waals surface area (Å²) in [4.78, 5) is 16.2. The zero-order chi connectivity index (χ0) is 17.1. The molecule has 0 saturated carbocycles. The fraction of sp³-hybridized carbons (Fsp3) is 0.500. The first-order valence-corrected chi connectivity index (χ1v) is 8.74. The molecule has 1 atom stereocenters. The standard InChI is InChI=1S/C16H19ClFN3O2S/c17-12-10-11(3-4-13(12)18)19-16(24)21-7-5-20(6-8-21)15(22)14-2-1-9-23-14/h3-4,10,14H,1-2,5-9H2,(H,19,24)/t14-/m0/s1. The minimum Gasteiger partial charge on any atom is -0.368 e. The molecular formula is C16H19ClFN3O2S. The lowest BCUT2D eigenvalue weighted by atomic mass is 10.2. The number of hydrogen-bond donors (Lipinski definition) is 1. The van der Waals surface area contributed by atoms with Gasteiger partial charge in [-0.1, -0.05) is 11.6 Å². The van der Waals surface area contributed by atoms with Crippen molar-refractivity contribution in [1.29, 1.82) is 0 Å². The number of nitrogens with zero attached hydrogens (tertiary/aromatic N) is 2. The molecule has 3 rings (SSSR count). The average Bonchev–Trinajstić information content (AvgIpc) is 3.12. The van der Waals surface area contributed by atoms with E-state index in [4.69, 9.17) is 28.6 Å². The third-order valence-corrected chi connectivity index (χ3v) is 4.90. The zero-order valence-electron chi connectivity index (χ0n) is 13.1. The minimum atomic E-state index is -0.464. The second-order valence-electron chi connectivity index (χ2n) is 5.87. The maximum absolute atomic E-state index is 13.2. The quantitative estimate of drug-likeness (QED) is 0.809. The van der Waals surface area contributed by atoms with Crippen LogP contribution in [0.25, 0.3) is 0 Å². The Labute approximate surface area is 150 Å². The summed E-state index contributed by atoms with van der Waals surface area (Å²) < 4.78 is 18.6. The van der Waals surface area contributed by atoms with Gasteiger partial charge in [0.05, 0.1) is 5.02 Å². The minimum absolute atomic E-state index is 0.0507. The predicted octanol–water partition coefficient (Wildman–Crippen LogP) is 2.50. The molecule has 0 radical (unpaired) electrons. The van der Waals surface area contributed by atoms with E-state index in [9.17, 15) is 9.18 Å². The number of ether oxygens (including phenoxy) is 1. The number of hydrogen-bond acceptors (Lipinski definition) is 3. The van der Waals surface area contributed by atoms with Crippen molar-refractivity contribution in [3.05, 3.63) is 29.0 Å². The Morgan fingerprint density at radius 3 is 2.62 bits per heavy atom. The maximum atomic E-state index is 13.2. The number of benzene rings is 1. The van der Waals surface area contributed by atoms with Crippen molar-refractivity contribution < 1.29 is 13.9 Å². The topological polar surface area (TPSA) is 44.8 Å². The van der Waals surface area contributed by atoms with Gasteiger partial charge in [-0.05, 0) is 43.3 Å². The second-order valence-corrected chi connectivity index (χ2v) is 6.67. The highest BCUT2D eigenvalue weighted by Gasteiger charge is 2.30. The van der Waals surface area contributed by atoms with Gasteiger partial charge in [-0.15, -0.1) is 0 Å². The van der Waals surface area contributed by atoms with Crippen LogP contribution in [0.3, 0.4) is 0 Å². The molecule has 0 aliphatic carbocycles. The molecule has 1 aromatic carbocycles. The molecule has 0 unspecified atom stereocenters. The highest BCUT2D eigenvalue weighted by molar-refractivity contribution is 7.80. The smallest absolute Gasteiger partial charge is 0.251 e. The molecule has 2 heterocycles. The summed E-state index contributed by atoms with van der Waals surface area (Å²) in [5, 5.41) is 3.65. The van der Waals surface area contributed by atoms with Crippen LogP contribution in [0.5, 0.6) is 0 Å². The van der Waals surface area contributed by atoms with E-state index in [1.165, 1.54) is 12.1 Å². The molecule has 24 heavy (non-hydrogen) atoms. The molecule has 0 bridgehead atoms. The molecule has 2 fully saturated rings. The van der Waals surface area contributed by atoms with E-state index in [0.717, 1.165) is 12.8 Å². The Balaban J connectivity index is 1.51. The lowest BCUT2D eigenvalue weighted by Gasteiger charge is -2.37. The van der Waals surface area contributed by atoms with Gasteiger partial charge < -0.3 is 19.9 Å². The normalized spacial score (nSPS) is 21.0. The Hall–Kier alpha value is -1.44. The third kappa shape index (κ3) is 3.96. The maximum Gasteiger partial charge on any atom is 0.251 e. The van der Waals surface area contributed by atoms with Crippen molar-refractivity contribution in [3.63, 3.8) is 0 Å². The average molecular weight is 372 g/mol. The molecule has 0 spiro atoms. The van der Waals surface area contributed by atoms with Gasteiger partial charge in [-0.25, -0.2) is 4.39 Å². The SMILES string of the molecule is O=C([C@@H]1CCCO1)N1CCN(C(=S)Nc2ccc(F)c(Cl)c2)CC1. The Bertz CT molecular complexity index is 632. The highest BCUT2D eigenvalue weighted by Crippen LogP contribution is 2.20. The summed E-state index contributed by atoms with van der Waals surface area (Å²) in [6, 6.07) is 4.39. The first kappa shape index (κ1) is 17.4. The predicted molar refractivity (Wildman–Crippen MR) is 94.8 cm³/mol. The molecule has 0 aromatic heterocycles. The zero-order valence-corrected chi connectivity index (χ0v) is 14.7. The van der Waals surface area contributed by atoms with Gasteiger partial charge in [0.1, 0.15) is 11.9 Å². The third-order valence-electron chi connectivity index (χ3n) is 4.25. The first-order valence-electron chi connectivity index (χ1n) is 7.96. The van der Waals surface area contributed by atoms with Crippen LogP contribution in [0.4, 0.5) is 10.1 Å². The van der Waals surface area contributed by atoms with Crippen LogP contribution in [-0.4, -0.2) is 59.7 Å². The van der Waals surface area contributed by atoms with Crippen LogP contribution in [0, 0.1) is 5.82 Å². The summed E-state index contributed by atoms with van der Waals surface area (Å²) in [6.45, 7) is 3.21. The number of thiocarbonyl (C=S) groups is 1. The first-order chi connectivity index (χ1) is 11.5. The number of piperazine rings is 1. The molecule has 8 heteroatoms. The largest absolute Gasteiger partial charge is 0.368 e. The number of rotatable bonds is 2. The number of nitrogens with one attached hydrogen (secondary N) is 1. The fourth-order valence-corrected chi connectivity index (χ4v) is 3.36. The van der Waals surface area contributed by atoms with Gasteiger partial charge in [0, 0.05) is 38.5 Å². The number of carbonyl (C=O) groups excluding carboxylic acids is 1. The van der Waals surface area contributed by atoms with Gasteiger partial charge in [0.25, 0.3) is 5.91 Å². The van der Waals surface area contributed by atoms with E-state index in [-0.39, 0.29) is 17.0 Å². The summed E-state index contributed by atoms with van der Waals surface area (Å²) in [5.74, 6) is -0.384. The lowest BCUT2D eigenvalue weighted by Crippen LogP contribution is -2.53. The molecule has 1 aromatic rings. The molecule has 2 saturated heterocycles. The van der Waals surface area contributed by atoms with Crippen LogP contribution < -0.4 is 5.32 Å². The molecule has 2 aliphatic heterocycles. The van der Waals surface area contributed by atoms with Crippen molar-refractivity contribution in [3.8, 4) is 0 Å². The van der Waals surface area contributed by atoms with Gasteiger partial charge in [0.15, 0.2) is 5.11 Å². The van der Waals surface area contributed by atoms with Crippen LogP contribution in [-0.2, 0) is 9.53 Å². The van der Waals surface area contributed by atoms with E-state index < -0.39 is 5.82 Å². The van der Waals surface area contributed by atoms with Crippen molar-refractivity contribution in [2.24, 2.45) is 0 Å². The highest BCUT2D eigenvalue weighted by atomic mass is 35.5. The van der Waals surface area contributed by atoms with Crippen molar-refractivity contribution in [1.82, 2.24) is 9.80 Å². The van der Waals surface area contributed by atoms with Gasteiger partial charge in [-0.2, -0.15) is 0 Å². The van der Waals surface area contributed by atoms with Gasteiger partial charge in [0.2, 0.25) is 0 Å². The summed E-state index contributed by atoms with van der Waals surface area (Å²) in [6.07, 6.45) is 1.48. The molecule has 5 nitrogen and oxygen atoms in total. The molecule has 1 N–H and O–H groups in total. The van der Waals surface area contributed by atoms with Crippen molar-refractivity contribution >= 4 is 40.5 Å². The van der Waals surface area contributed by atoms with E-state index in [1.807, 2.05) is 9.80 Å². The summed E-state index contributed by atoms with van der Waals surface area (Å²) in [7, 11) is 0. The summed E-state index contributed by atoms with van der Waals surface area (Å²) >= 11 is 11.2. The lowest BCUT2D eigenvalue weighted by molar-refractivity contribution is -0.142. The number of halogens is 2. The van der Waals surface area contributed by atoms with Gasteiger partial charge in [-0.3, -0.25) is 4.79 Å². The van der Waals surface area contributed by atoms with Gasteiger partial charge >= 0.3 is 0 Å². The fourth-order valence-electron chi connectivity index (χ4n) is 2.88. The molecule has 1 amide bonds. The Morgan fingerprint density at radius 1 is 1.29 bits per heavy atom. The Kier molecular flexibility index (Phi) is 5.53. The molecule has 2 aliphatic rings. The van der Waals surface area contributed by atoms with Crippen molar-refractivity contribution in [2.45, 2.75) is 18.9 Å². The van der Waals surface area contributed by atoms with E-state index >= 15 is 0 Å². The molecular weight excluding hydrogens is 353 g/mol. The van der Waals surface area contributed by atoms with Crippen LogP contribution >= 0.6 is 23.8 Å². The number of carbonyl (C=O) groups is 1. The number of amides is 1. The van der Waals surface area contributed by atoms with Crippen LogP contribution in [0.2, 0.25) is 5.02 Å².